The number of carboxylic acids is 1. The van der Waals surface area contributed by atoms with Gasteiger partial charge < -0.3 is 15.6 Å². The van der Waals surface area contributed by atoms with Gasteiger partial charge in [0.1, 0.15) is 6.61 Å². The second-order valence-electron chi connectivity index (χ2n) is 8.88. The van der Waals surface area contributed by atoms with E-state index in [1.807, 2.05) is 62.4 Å². The molecule has 4 aromatic rings. The first-order valence-electron chi connectivity index (χ1n) is 11.9. The molecule has 11 heteroatoms. The molecule has 0 fully saturated rings. The van der Waals surface area contributed by atoms with Crippen LogP contribution in [0, 0.1) is 13.8 Å². The van der Waals surface area contributed by atoms with Gasteiger partial charge in [0.25, 0.3) is 10.0 Å². The summed E-state index contributed by atoms with van der Waals surface area (Å²) in [6, 6.07) is 21.9. The number of aromatic carboxylic acids is 1. The Morgan fingerprint density at radius 3 is 2.31 bits per heavy atom. The highest BCUT2D eigenvalue weighted by Crippen LogP contribution is 2.29. The number of carbonyl (C=O) groups is 1. The maximum atomic E-state index is 13.1. The number of aryl methyl sites for hydroxylation is 2. The number of nitrogens with two attached hydrogens (primary N) is 1. The number of nitrogens with zero attached hydrogens (tertiary/aromatic N) is 2. The Hall–Kier alpha value is -3.99. The van der Waals surface area contributed by atoms with Crippen molar-refractivity contribution in [3.63, 3.8) is 0 Å². The highest BCUT2D eigenvalue weighted by molar-refractivity contribution is 7.92. The molecule has 0 spiro atoms. The zero-order valence-electron chi connectivity index (χ0n) is 21.4. The van der Waals surface area contributed by atoms with Crippen molar-refractivity contribution in [3.05, 3.63) is 101 Å². The maximum absolute atomic E-state index is 13.1. The Balaban J connectivity index is 0.00000420. The number of nitrogens with one attached hydrogen (secondary N) is 1. The molecule has 0 saturated heterocycles. The molecule has 0 bridgehead atoms. The normalized spacial score (nSPS) is 11.8. The molecule has 0 radical (unpaired) electrons. The zero-order valence-corrected chi connectivity index (χ0v) is 23.0. The lowest BCUT2D eigenvalue weighted by Gasteiger charge is -2.16. The SMILES string of the molecule is Cc1cccc(C)c1-c1cc(OC[C@H](N)Cc2ccccc2)nc(NS(=O)(=O)c2cccc(C(=O)O)c2)n1.Cl. The third-order valence-electron chi connectivity index (χ3n) is 5.84. The monoisotopic (exact) mass is 568 g/mol. The van der Waals surface area contributed by atoms with Crippen LogP contribution in [0.4, 0.5) is 5.95 Å². The maximum Gasteiger partial charge on any atom is 0.335 e. The van der Waals surface area contributed by atoms with Crippen LogP contribution < -0.4 is 15.2 Å². The lowest BCUT2D eigenvalue weighted by atomic mass is 10.00. The summed E-state index contributed by atoms with van der Waals surface area (Å²) in [5, 5.41) is 9.25. The molecule has 0 aliphatic carbocycles. The Labute approximate surface area is 233 Å². The summed E-state index contributed by atoms with van der Waals surface area (Å²) in [6.07, 6.45) is 0.592. The van der Waals surface area contributed by atoms with Crippen LogP contribution in [0.1, 0.15) is 27.0 Å². The van der Waals surface area contributed by atoms with Crippen LogP contribution >= 0.6 is 12.4 Å². The smallest absolute Gasteiger partial charge is 0.335 e. The van der Waals surface area contributed by atoms with Crippen molar-refractivity contribution in [2.45, 2.75) is 31.2 Å². The minimum atomic E-state index is -4.20. The summed E-state index contributed by atoms with van der Waals surface area (Å²) in [6.45, 7) is 4.01. The van der Waals surface area contributed by atoms with Crippen LogP contribution in [-0.2, 0) is 16.4 Å². The van der Waals surface area contributed by atoms with Gasteiger partial charge in [-0.25, -0.2) is 22.9 Å². The number of carboxylic acid groups (broad SMARTS) is 1. The zero-order chi connectivity index (χ0) is 27.3. The minimum Gasteiger partial charge on any atom is -0.478 e. The molecule has 3 aromatic carbocycles. The first kappa shape index (κ1) is 29.6. The lowest BCUT2D eigenvalue weighted by molar-refractivity contribution is 0.0696. The molecular formula is C28H29ClN4O5S. The summed E-state index contributed by atoms with van der Waals surface area (Å²) in [5.41, 5.74) is 10.4. The fourth-order valence-corrected chi connectivity index (χ4v) is 5.02. The summed E-state index contributed by atoms with van der Waals surface area (Å²) in [4.78, 5) is 19.8. The van der Waals surface area contributed by atoms with Crippen LogP contribution in [0.25, 0.3) is 11.3 Å². The van der Waals surface area contributed by atoms with Gasteiger partial charge in [-0.2, -0.15) is 4.98 Å². The van der Waals surface area contributed by atoms with E-state index in [-0.39, 0.29) is 47.3 Å². The van der Waals surface area contributed by atoms with Crippen molar-refractivity contribution in [2.75, 3.05) is 11.3 Å². The molecule has 4 rings (SSSR count). The quantitative estimate of drug-likeness (QED) is 0.251. The summed E-state index contributed by atoms with van der Waals surface area (Å²) in [5.74, 6) is -1.30. The van der Waals surface area contributed by atoms with Crippen LogP contribution in [0.2, 0.25) is 0 Å². The van der Waals surface area contributed by atoms with Gasteiger partial charge in [0.2, 0.25) is 11.8 Å². The fourth-order valence-electron chi connectivity index (χ4n) is 4.03. The number of hydrogen-bond acceptors (Lipinski definition) is 7. The average molecular weight is 569 g/mol. The molecule has 0 aliphatic heterocycles. The molecule has 9 nitrogen and oxygen atoms in total. The minimum absolute atomic E-state index is 0. The number of anilines is 1. The Morgan fingerprint density at radius 1 is 0.974 bits per heavy atom. The van der Waals surface area contributed by atoms with E-state index >= 15 is 0 Å². The predicted molar refractivity (Wildman–Crippen MR) is 152 cm³/mol. The highest BCUT2D eigenvalue weighted by atomic mass is 35.5. The molecular weight excluding hydrogens is 540 g/mol. The van der Waals surface area contributed by atoms with Crippen molar-refractivity contribution in [1.82, 2.24) is 9.97 Å². The van der Waals surface area contributed by atoms with Gasteiger partial charge in [0, 0.05) is 17.7 Å². The number of ether oxygens (including phenoxy) is 1. The topological polar surface area (TPSA) is 144 Å². The molecule has 1 atom stereocenters. The Morgan fingerprint density at radius 2 is 1.64 bits per heavy atom. The predicted octanol–water partition coefficient (Wildman–Crippen LogP) is 4.63. The molecule has 1 aromatic heterocycles. The number of rotatable bonds is 10. The number of hydrogen-bond donors (Lipinski definition) is 3. The van der Waals surface area contributed by atoms with Gasteiger partial charge in [0.15, 0.2) is 0 Å². The third-order valence-corrected chi connectivity index (χ3v) is 7.17. The molecule has 0 unspecified atom stereocenters. The summed E-state index contributed by atoms with van der Waals surface area (Å²) in [7, 11) is -4.20. The van der Waals surface area contributed by atoms with Gasteiger partial charge in [-0.3, -0.25) is 0 Å². The van der Waals surface area contributed by atoms with E-state index in [4.69, 9.17) is 10.5 Å². The first-order valence-corrected chi connectivity index (χ1v) is 13.3. The van der Waals surface area contributed by atoms with E-state index in [2.05, 4.69) is 14.7 Å². The van der Waals surface area contributed by atoms with E-state index in [1.165, 1.54) is 18.2 Å². The molecule has 0 aliphatic rings. The molecule has 39 heavy (non-hydrogen) atoms. The number of halogens is 1. The molecule has 0 amide bonds. The number of benzene rings is 3. The highest BCUT2D eigenvalue weighted by Gasteiger charge is 2.20. The van der Waals surface area contributed by atoms with E-state index in [0.717, 1.165) is 28.3 Å². The van der Waals surface area contributed by atoms with Gasteiger partial charge in [0.05, 0.1) is 16.2 Å². The standard InChI is InChI=1S/C28H28N4O5S.ClH/c1-18-8-6-9-19(2)26(18)24-16-25(37-17-22(29)14-20-10-4-3-5-11-20)31-28(30-24)32-38(35,36)23-13-7-12-21(15-23)27(33)34;/h3-13,15-16,22H,14,17,29H2,1-2H3,(H,33,34)(H,30,31,32);1H/t22-;/m1./s1. The Kier molecular flexibility index (Phi) is 9.63. The molecule has 0 saturated carbocycles. The van der Waals surface area contributed by atoms with Gasteiger partial charge in [-0.15, -0.1) is 12.4 Å². The van der Waals surface area contributed by atoms with E-state index in [9.17, 15) is 18.3 Å². The summed E-state index contributed by atoms with van der Waals surface area (Å²) < 4.78 is 34.5. The lowest BCUT2D eigenvalue weighted by Crippen LogP contribution is -2.30. The number of aromatic nitrogens is 2. The average Bonchev–Trinajstić information content (AvgIpc) is 2.88. The second kappa shape index (κ2) is 12.7. The van der Waals surface area contributed by atoms with Crippen LogP contribution in [0.15, 0.2) is 83.8 Å². The fraction of sp³-hybridized carbons (Fsp3) is 0.179. The van der Waals surface area contributed by atoms with E-state index in [0.29, 0.717) is 12.1 Å². The van der Waals surface area contributed by atoms with Crippen molar-refractivity contribution in [1.29, 1.82) is 0 Å². The van der Waals surface area contributed by atoms with Crippen molar-refractivity contribution in [3.8, 4) is 17.1 Å². The van der Waals surface area contributed by atoms with Gasteiger partial charge in [-0.05, 0) is 55.2 Å². The van der Waals surface area contributed by atoms with Gasteiger partial charge >= 0.3 is 5.97 Å². The molecule has 204 valence electrons. The van der Waals surface area contributed by atoms with Crippen LogP contribution in [0.3, 0.4) is 0 Å². The Bertz CT molecular complexity index is 1550. The second-order valence-corrected chi connectivity index (χ2v) is 10.6. The van der Waals surface area contributed by atoms with Crippen LogP contribution in [-0.4, -0.2) is 42.1 Å². The van der Waals surface area contributed by atoms with Crippen molar-refractivity contribution < 1.29 is 23.1 Å². The van der Waals surface area contributed by atoms with Crippen molar-refractivity contribution >= 4 is 34.3 Å². The number of sulfonamides is 1. The molecule has 4 N–H and O–H groups in total. The van der Waals surface area contributed by atoms with E-state index in [1.54, 1.807) is 6.07 Å². The third kappa shape index (κ3) is 7.53. The molecule has 1 heterocycles. The first-order chi connectivity index (χ1) is 18.1. The largest absolute Gasteiger partial charge is 0.478 e. The van der Waals surface area contributed by atoms with Crippen molar-refractivity contribution in [2.24, 2.45) is 5.73 Å². The van der Waals surface area contributed by atoms with E-state index < -0.39 is 16.0 Å². The summed E-state index contributed by atoms with van der Waals surface area (Å²) >= 11 is 0. The van der Waals surface area contributed by atoms with Crippen LogP contribution in [0.5, 0.6) is 5.88 Å². The van der Waals surface area contributed by atoms with Gasteiger partial charge in [-0.1, -0.05) is 54.6 Å².